The number of hydrogen-bond donors (Lipinski definition) is 0. The lowest BCUT2D eigenvalue weighted by atomic mass is 9.98. The van der Waals surface area contributed by atoms with Gasteiger partial charge in [-0.2, -0.15) is 0 Å². The zero-order valence-corrected chi connectivity index (χ0v) is 6.67. The molecule has 2 rings (SSSR count). The molecule has 0 saturated carbocycles. The summed E-state index contributed by atoms with van der Waals surface area (Å²) in [7, 11) is 0. The van der Waals surface area contributed by atoms with Crippen LogP contribution >= 0.6 is 0 Å². The van der Waals surface area contributed by atoms with Crippen LogP contribution in [0.25, 0.3) is 0 Å². The molecular weight excluding hydrogens is 144 g/mol. The lowest BCUT2D eigenvalue weighted by Gasteiger charge is -2.24. The maximum Gasteiger partial charge on any atom is 0.146 e. The molecule has 0 aromatic carbocycles. The van der Waals surface area contributed by atoms with Crippen LogP contribution in [0.5, 0.6) is 0 Å². The first-order valence-electron chi connectivity index (χ1n) is 4.21. The molecule has 11 heavy (non-hydrogen) atoms. The van der Waals surface area contributed by atoms with Gasteiger partial charge in [-0.05, 0) is 12.8 Å². The number of hydrogen-bond acceptors (Lipinski definition) is 3. The molecule has 0 radical (unpaired) electrons. The Hall–Kier alpha value is -0.120. The molecule has 0 aromatic rings. The Morgan fingerprint density at radius 3 is 2.82 bits per heavy atom. The van der Waals surface area contributed by atoms with E-state index in [1.165, 1.54) is 6.42 Å². The second-order valence-electron chi connectivity index (χ2n) is 3.26. The van der Waals surface area contributed by atoms with Crippen LogP contribution < -0.4 is 0 Å². The Labute approximate surface area is 66.6 Å². The van der Waals surface area contributed by atoms with Crippen molar-refractivity contribution in [2.45, 2.75) is 24.9 Å². The van der Waals surface area contributed by atoms with Crippen LogP contribution in [0.1, 0.15) is 19.3 Å². The van der Waals surface area contributed by atoms with E-state index in [4.69, 9.17) is 14.2 Å². The zero-order chi connectivity index (χ0) is 7.57. The van der Waals surface area contributed by atoms with E-state index in [1.54, 1.807) is 0 Å². The third-order valence-corrected chi connectivity index (χ3v) is 2.42. The van der Waals surface area contributed by atoms with Gasteiger partial charge >= 0.3 is 0 Å². The van der Waals surface area contributed by atoms with Gasteiger partial charge in [-0.15, -0.1) is 0 Å². The van der Waals surface area contributed by atoms with E-state index in [9.17, 15) is 0 Å². The maximum atomic E-state index is 5.66. The minimum Gasteiger partial charge on any atom is -0.373 e. The molecule has 2 aliphatic rings. The summed E-state index contributed by atoms with van der Waals surface area (Å²) in [5, 5.41) is 0. The molecule has 2 fully saturated rings. The van der Waals surface area contributed by atoms with Crippen molar-refractivity contribution in [1.82, 2.24) is 0 Å². The van der Waals surface area contributed by atoms with Gasteiger partial charge in [-0.25, -0.2) is 0 Å². The summed E-state index contributed by atoms with van der Waals surface area (Å²) >= 11 is 0. The van der Waals surface area contributed by atoms with Crippen molar-refractivity contribution in [3.8, 4) is 0 Å². The van der Waals surface area contributed by atoms with Gasteiger partial charge < -0.3 is 14.2 Å². The van der Waals surface area contributed by atoms with Crippen molar-refractivity contribution in [3.63, 3.8) is 0 Å². The summed E-state index contributed by atoms with van der Waals surface area (Å²) in [4.78, 5) is 0. The molecule has 0 aromatic heterocycles. The smallest absolute Gasteiger partial charge is 0.146 e. The third kappa shape index (κ3) is 1.55. The minimum absolute atomic E-state index is 0.0104. The average molecular weight is 158 g/mol. The number of rotatable bonds is 0. The molecular formula is C8H14O3. The molecule has 3 heteroatoms. The van der Waals surface area contributed by atoms with Gasteiger partial charge in [0.25, 0.3) is 0 Å². The van der Waals surface area contributed by atoms with Gasteiger partial charge in [-0.1, -0.05) is 0 Å². The first kappa shape index (κ1) is 7.53. The molecule has 0 aliphatic carbocycles. The lowest BCUT2D eigenvalue weighted by molar-refractivity contribution is -0.0764. The number of ether oxygens (including phenoxy) is 3. The largest absolute Gasteiger partial charge is 0.373 e. The van der Waals surface area contributed by atoms with E-state index >= 15 is 0 Å². The van der Waals surface area contributed by atoms with E-state index in [0.29, 0.717) is 13.4 Å². The van der Waals surface area contributed by atoms with Crippen LogP contribution in [-0.4, -0.2) is 32.2 Å². The highest BCUT2D eigenvalue weighted by molar-refractivity contribution is 4.85. The summed E-state index contributed by atoms with van der Waals surface area (Å²) in [5.41, 5.74) is 0.0104. The highest BCUT2D eigenvalue weighted by atomic mass is 16.7. The second-order valence-corrected chi connectivity index (χ2v) is 3.26. The summed E-state index contributed by atoms with van der Waals surface area (Å²) in [6.07, 6.45) is 3.30. The quantitative estimate of drug-likeness (QED) is 0.525. The Bertz CT molecular complexity index is 119. The maximum absolute atomic E-state index is 5.66. The first-order chi connectivity index (χ1) is 5.41. The van der Waals surface area contributed by atoms with Crippen molar-refractivity contribution < 1.29 is 14.2 Å². The summed E-state index contributed by atoms with van der Waals surface area (Å²) in [6, 6.07) is 0. The SMILES string of the molecule is C1COC2(C1)CCOCOC2. The van der Waals surface area contributed by atoms with E-state index in [1.807, 2.05) is 0 Å². The lowest BCUT2D eigenvalue weighted by Crippen LogP contribution is -2.33. The van der Waals surface area contributed by atoms with Crippen molar-refractivity contribution in [2.75, 3.05) is 26.6 Å². The molecule has 2 heterocycles. The van der Waals surface area contributed by atoms with E-state index in [2.05, 4.69) is 0 Å². The van der Waals surface area contributed by atoms with Gasteiger partial charge in [-0.3, -0.25) is 0 Å². The van der Waals surface area contributed by atoms with Crippen molar-refractivity contribution in [1.29, 1.82) is 0 Å². The van der Waals surface area contributed by atoms with Gasteiger partial charge in [0.1, 0.15) is 6.79 Å². The van der Waals surface area contributed by atoms with E-state index < -0.39 is 0 Å². The van der Waals surface area contributed by atoms with Crippen LogP contribution in [0.15, 0.2) is 0 Å². The second kappa shape index (κ2) is 3.09. The highest BCUT2D eigenvalue weighted by Gasteiger charge is 2.36. The minimum atomic E-state index is 0.0104. The molecule has 1 atom stereocenters. The summed E-state index contributed by atoms with van der Waals surface area (Å²) in [6.45, 7) is 2.82. The van der Waals surface area contributed by atoms with E-state index in [0.717, 1.165) is 26.1 Å². The van der Waals surface area contributed by atoms with Crippen LogP contribution in [0.3, 0.4) is 0 Å². The Morgan fingerprint density at radius 1 is 1.00 bits per heavy atom. The fraction of sp³-hybridized carbons (Fsp3) is 1.00. The fourth-order valence-electron chi connectivity index (χ4n) is 1.74. The average Bonchev–Trinajstić information content (AvgIpc) is 2.32. The van der Waals surface area contributed by atoms with Crippen LogP contribution in [-0.2, 0) is 14.2 Å². The molecule has 1 unspecified atom stereocenters. The predicted molar refractivity (Wildman–Crippen MR) is 39.3 cm³/mol. The fourth-order valence-corrected chi connectivity index (χ4v) is 1.74. The monoisotopic (exact) mass is 158 g/mol. The standard InChI is InChI=1S/C8H14O3/c1-2-8(11-4-1)3-5-9-7-10-6-8/h1-7H2. The molecule has 0 amide bonds. The highest BCUT2D eigenvalue weighted by Crippen LogP contribution is 2.30. The van der Waals surface area contributed by atoms with Crippen molar-refractivity contribution in [2.24, 2.45) is 0 Å². The van der Waals surface area contributed by atoms with Crippen LogP contribution in [0.4, 0.5) is 0 Å². The van der Waals surface area contributed by atoms with Gasteiger partial charge in [0.05, 0.1) is 18.8 Å². The summed E-state index contributed by atoms with van der Waals surface area (Å²) in [5.74, 6) is 0. The molecule has 64 valence electrons. The molecule has 1 spiro atoms. The normalized spacial score (nSPS) is 39.3. The van der Waals surface area contributed by atoms with Crippen molar-refractivity contribution >= 4 is 0 Å². The topological polar surface area (TPSA) is 27.7 Å². The predicted octanol–water partition coefficient (Wildman–Crippen LogP) is 0.930. The zero-order valence-electron chi connectivity index (χ0n) is 6.67. The molecule has 2 saturated heterocycles. The summed E-state index contributed by atoms with van der Waals surface area (Å²) < 4.78 is 16.1. The Balaban J connectivity index is 1.97. The first-order valence-corrected chi connectivity index (χ1v) is 4.21. The Morgan fingerprint density at radius 2 is 2.00 bits per heavy atom. The van der Waals surface area contributed by atoms with Crippen molar-refractivity contribution in [3.05, 3.63) is 0 Å². The van der Waals surface area contributed by atoms with Crippen LogP contribution in [0.2, 0.25) is 0 Å². The Kier molecular flexibility index (Phi) is 2.11. The van der Waals surface area contributed by atoms with Crippen LogP contribution in [0, 0.1) is 0 Å². The molecule has 2 aliphatic heterocycles. The van der Waals surface area contributed by atoms with E-state index in [-0.39, 0.29) is 5.60 Å². The van der Waals surface area contributed by atoms with Gasteiger partial charge in [0.2, 0.25) is 0 Å². The molecule has 0 N–H and O–H groups in total. The molecule has 0 bridgehead atoms. The van der Waals surface area contributed by atoms with Gasteiger partial charge in [0.15, 0.2) is 0 Å². The molecule has 3 nitrogen and oxygen atoms in total. The van der Waals surface area contributed by atoms with Gasteiger partial charge in [0, 0.05) is 13.0 Å². The third-order valence-electron chi connectivity index (χ3n) is 2.42.